The second-order valence-corrected chi connectivity index (χ2v) is 4.42. The minimum atomic E-state index is 0.405. The van der Waals surface area contributed by atoms with Gasteiger partial charge in [0.15, 0.2) is 0 Å². The van der Waals surface area contributed by atoms with E-state index in [1.807, 2.05) is 13.0 Å². The number of hydrogen-bond acceptors (Lipinski definition) is 4. The molecule has 0 spiro atoms. The Morgan fingerprint density at radius 3 is 2.75 bits per heavy atom. The van der Waals surface area contributed by atoms with Gasteiger partial charge in [-0.2, -0.15) is 0 Å². The molecule has 0 bridgehead atoms. The zero-order chi connectivity index (χ0) is 12.0. The summed E-state index contributed by atoms with van der Waals surface area (Å²) in [5, 5.41) is 0.916. The van der Waals surface area contributed by atoms with E-state index in [0.717, 1.165) is 17.7 Å². The topological polar surface area (TPSA) is 38.2 Å². The summed E-state index contributed by atoms with van der Waals surface area (Å²) in [4.78, 5) is 10.5. The molecule has 0 radical (unpaired) electrons. The molecule has 90 valence electrons. The molecule has 0 aliphatic heterocycles. The van der Waals surface area contributed by atoms with Crippen LogP contribution in [0.5, 0.6) is 5.88 Å². The van der Waals surface area contributed by atoms with Crippen molar-refractivity contribution >= 4 is 21.7 Å². The molecule has 0 amide bonds. The third kappa shape index (κ3) is 3.63. The van der Waals surface area contributed by atoms with Crippen molar-refractivity contribution in [2.75, 3.05) is 23.4 Å². The summed E-state index contributed by atoms with van der Waals surface area (Å²) in [6.07, 6.45) is 1.55. The maximum Gasteiger partial charge on any atom is 0.218 e. The van der Waals surface area contributed by atoms with Crippen molar-refractivity contribution in [2.45, 2.75) is 26.8 Å². The molecule has 0 atom stereocenters. The largest absolute Gasteiger partial charge is 0.478 e. The second kappa shape index (κ2) is 6.68. The standard InChI is InChI=1S/C11H18BrN3O/c1-4-16-11-7-10(13-8-14-11)15(6-5-12)9(2)3/h7-9H,4-6H2,1-3H3. The molecular weight excluding hydrogens is 270 g/mol. The Morgan fingerprint density at radius 2 is 2.19 bits per heavy atom. The first-order valence-electron chi connectivity index (χ1n) is 5.46. The zero-order valence-corrected chi connectivity index (χ0v) is 11.6. The lowest BCUT2D eigenvalue weighted by molar-refractivity contribution is 0.326. The predicted octanol–water partition coefficient (Wildman–Crippen LogP) is 2.49. The van der Waals surface area contributed by atoms with Crippen LogP contribution in [0.15, 0.2) is 12.4 Å². The van der Waals surface area contributed by atoms with Crippen LogP contribution in [0.2, 0.25) is 0 Å². The van der Waals surface area contributed by atoms with Crippen LogP contribution < -0.4 is 9.64 Å². The average Bonchev–Trinajstić information content (AvgIpc) is 2.26. The van der Waals surface area contributed by atoms with Crippen molar-refractivity contribution < 1.29 is 4.74 Å². The van der Waals surface area contributed by atoms with Crippen LogP contribution in [0, 0.1) is 0 Å². The van der Waals surface area contributed by atoms with E-state index in [9.17, 15) is 0 Å². The van der Waals surface area contributed by atoms with Crippen molar-refractivity contribution in [2.24, 2.45) is 0 Å². The first-order chi connectivity index (χ1) is 7.69. The van der Waals surface area contributed by atoms with Gasteiger partial charge in [-0.05, 0) is 20.8 Å². The van der Waals surface area contributed by atoms with Crippen molar-refractivity contribution in [3.63, 3.8) is 0 Å². The highest BCUT2D eigenvalue weighted by Gasteiger charge is 2.12. The highest BCUT2D eigenvalue weighted by molar-refractivity contribution is 9.09. The van der Waals surface area contributed by atoms with E-state index in [2.05, 4.69) is 44.6 Å². The van der Waals surface area contributed by atoms with E-state index in [4.69, 9.17) is 4.74 Å². The highest BCUT2D eigenvalue weighted by atomic mass is 79.9. The molecule has 0 N–H and O–H groups in total. The minimum Gasteiger partial charge on any atom is -0.478 e. The van der Waals surface area contributed by atoms with Gasteiger partial charge in [-0.3, -0.25) is 0 Å². The van der Waals surface area contributed by atoms with Crippen molar-refractivity contribution in [1.29, 1.82) is 0 Å². The van der Waals surface area contributed by atoms with Gasteiger partial charge in [0.25, 0.3) is 0 Å². The fourth-order valence-corrected chi connectivity index (χ4v) is 1.82. The number of anilines is 1. The summed E-state index contributed by atoms with van der Waals surface area (Å²) < 4.78 is 5.37. The smallest absolute Gasteiger partial charge is 0.218 e. The first-order valence-corrected chi connectivity index (χ1v) is 6.58. The van der Waals surface area contributed by atoms with E-state index in [-0.39, 0.29) is 0 Å². The molecule has 0 aromatic carbocycles. The van der Waals surface area contributed by atoms with Gasteiger partial charge >= 0.3 is 0 Å². The molecule has 4 nitrogen and oxygen atoms in total. The average molecular weight is 288 g/mol. The molecule has 0 unspecified atom stereocenters. The molecule has 1 aromatic heterocycles. The normalized spacial score (nSPS) is 10.6. The number of halogens is 1. The van der Waals surface area contributed by atoms with Crippen LogP contribution in [-0.2, 0) is 0 Å². The van der Waals surface area contributed by atoms with Gasteiger partial charge in [0.2, 0.25) is 5.88 Å². The lowest BCUT2D eigenvalue weighted by Gasteiger charge is -2.27. The molecule has 1 rings (SSSR count). The summed E-state index contributed by atoms with van der Waals surface area (Å²) in [6, 6.07) is 2.29. The van der Waals surface area contributed by atoms with Crippen LogP contribution in [-0.4, -0.2) is 34.5 Å². The fraction of sp³-hybridized carbons (Fsp3) is 0.636. The highest BCUT2D eigenvalue weighted by Crippen LogP contribution is 2.18. The number of rotatable bonds is 6. The molecule has 0 saturated heterocycles. The summed E-state index contributed by atoms with van der Waals surface area (Å²) in [6.45, 7) is 7.77. The number of aromatic nitrogens is 2. The molecule has 1 aromatic rings. The zero-order valence-electron chi connectivity index (χ0n) is 9.98. The van der Waals surface area contributed by atoms with E-state index >= 15 is 0 Å². The SMILES string of the molecule is CCOc1cc(N(CCBr)C(C)C)ncn1. The van der Waals surface area contributed by atoms with Crippen LogP contribution in [0.4, 0.5) is 5.82 Å². The number of hydrogen-bond donors (Lipinski definition) is 0. The van der Waals surface area contributed by atoms with Crippen LogP contribution >= 0.6 is 15.9 Å². The Morgan fingerprint density at radius 1 is 1.44 bits per heavy atom. The number of ether oxygens (including phenoxy) is 1. The minimum absolute atomic E-state index is 0.405. The molecule has 16 heavy (non-hydrogen) atoms. The number of alkyl halides is 1. The van der Waals surface area contributed by atoms with Gasteiger partial charge in [-0.15, -0.1) is 0 Å². The Kier molecular flexibility index (Phi) is 5.52. The van der Waals surface area contributed by atoms with Gasteiger partial charge in [-0.25, -0.2) is 9.97 Å². The van der Waals surface area contributed by atoms with Gasteiger partial charge in [0.1, 0.15) is 12.1 Å². The maximum absolute atomic E-state index is 5.37. The third-order valence-corrected chi connectivity index (χ3v) is 2.52. The third-order valence-electron chi connectivity index (χ3n) is 2.16. The van der Waals surface area contributed by atoms with E-state index in [1.54, 1.807) is 6.33 Å². The molecule has 0 aliphatic rings. The van der Waals surface area contributed by atoms with Crippen LogP contribution in [0.1, 0.15) is 20.8 Å². The monoisotopic (exact) mass is 287 g/mol. The Labute approximate surface area is 105 Å². The Hall–Kier alpha value is -0.840. The first kappa shape index (κ1) is 13.2. The van der Waals surface area contributed by atoms with Gasteiger partial charge in [-0.1, -0.05) is 15.9 Å². The fourth-order valence-electron chi connectivity index (χ4n) is 1.44. The van der Waals surface area contributed by atoms with Crippen molar-refractivity contribution in [3.8, 4) is 5.88 Å². The van der Waals surface area contributed by atoms with Gasteiger partial charge in [0.05, 0.1) is 6.61 Å². The van der Waals surface area contributed by atoms with Gasteiger partial charge in [0, 0.05) is 24.0 Å². The molecule has 5 heteroatoms. The molecular formula is C11H18BrN3O. The Balaban J connectivity index is 2.86. The van der Waals surface area contributed by atoms with Crippen molar-refractivity contribution in [1.82, 2.24) is 9.97 Å². The summed E-state index contributed by atoms with van der Waals surface area (Å²) in [5.41, 5.74) is 0. The summed E-state index contributed by atoms with van der Waals surface area (Å²) >= 11 is 3.45. The second-order valence-electron chi connectivity index (χ2n) is 3.62. The summed E-state index contributed by atoms with van der Waals surface area (Å²) in [5.74, 6) is 1.54. The summed E-state index contributed by atoms with van der Waals surface area (Å²) in [7, 11) is 0. The quantitative estimate of drug-likeness (QED) is 0.754. The van der Waals surface area contributed by atoms with Gasteiger partial charge < -0.3 is 9.64 Å². The van der Waals surface area contributed by atoms with Crippen LogP contribution in [0.3, 0.4) is 0 Å². The molecule has 0 aliphatic carbocycles. The number of nitrogens with zero attached hydrogens (tertiary/aromatic N) is 3. The Bertz CT molecular complexity index is 320. The molecule has 0 fully saturated rings. The molecule has 1 heterocycles. The van der Waals surface area contributed by atoms with Crippen molar-refractivity contribution in [3.05, 3.63) is 12.4 Å². The lowest BCUT2D eigenvalue weighted by atomic mass is 10.3. The van der Waals surface area contributed by atoms with E-state index < -0.39 is 0 Å². The maximum atomic E-state index is 5.37. The lowest BCUT2D eigenvalue weighted by Crippen LogP contribution is -2.33. The molecule has 0 saturated carbocycles. The van der Waals surface area contributed by atoms with E-state index in [1.165, 1.54) is 0 Å². The van der Waals surface area contributed by atoms with Crippen LogP contribution in [0.25, 0.3) is 0 Å². The van der Waals surface area contributed by atoms with E-state index in [0.29, 0.717) is 18.5 Å². The predicted molar refractivity (Wildman–Crippen MR) is 69.5 cm³/mol.